The largest absolute Gasteiger partial charge is 0.497 e. The van der Waals surface area contributed by atoms with Crippen LogP contribution in [0.2, 0.25) is 0 Å². The highest BCUT2D eigenvalue weighted by Crippen LogP contribution is 2.44. The van der Waals surface area contributed by atoms with Crippen molar-refractivity contribution in [2.24, 2.45) is 5.84 Å². The fraction of sp³-hybridized carbons (Fsp3) is 0.318. The number of H-pyrrole nitrogens is 1. The van der Waals surface area contributed by atoms with Crippen molar-refractivity contribution in [1.82, 2.24) is 10.4 Å². The van der Waals surface area contributed by atoms with E-state index in [0.29, 0.717) is 0 Å². The molecular formula is C22H25N3O3. The number of rotatable bonds is 5. The zero-order valence-electron chi connectivity index (χ0n) is 16.1. The lowest BCUT2D eigenvalue weighted by molar-refractivity contribution is -0.122. The summed E-state index contributed by atoms with van der Waals surface area (Å²) >= 11 is 0. The smallest absolute Gasteiger partial charge is 0.241 e. The van der Waals surface area contributed by atoms with E-state index in [9.17, 15) is 4.79 Å². The molecule has 0 fully saturated rings. The lowest BCUT2D eigenvalue weighted by atomic mass is 9.77. The standard InChI is InChI=1S/C22H25N3O3/c1-27-15-10-13(11-16(12-15)28-2)9-14-7-8-18(22(26)25-23)20-17-5-3-4-6-19(17)24-21(14)20/h3-6,10-12,14,18,24H,7-9,23H2,1-2H3,(H,25,26). The third kappa shape index (κ3) is 3.20. The second-order valence-electron chi connectivity index (χ2n) is 7.26. The van der Waals surface area contributed by atoms with Crippen LogP contribution in [0.3, 0.4) is 0 Å². The first-order valence-corrected chi connectivity index (χ1v) is 9.47. The Kier molecular flexibility index (Phi) is 4.96. The van der Waals surface area contributed by atoms with E-state index in [1.165, 1.54) is 0 Å². The van der Waals surface area contributed by atoms with E-state index in [1.54, 1.807) is 14.2 Å². The van der Waals surface area contributed by atoms with Gasteiger partial charge in [0.15, 0.2) is 0 Å². The highest BCUT2D eigenvalue weighted by Gasteiger charge is 2.34. The summed E-state index contributed by atoms with van der Waals surface area (Å²) in [6.45, 7) is 0. The van der Waals surface area contributed by atoms with Gasteiger partial charge in [0.1, 0.15) is 11.5 Å². The Hall–Kier alpha value is -2.99. The molecular weight excluding hydrogens is 354 g/mol. The first kappa shape index (κ1) is 18.4. The quantitative estimate of drug-likeness (QED) is 0.360. The number of hydrazine groups is 1. The Labute approximate surface area is 164 Å². The van der Waals surface area contributed by atoms with Crippen LogP contribution < -0.4 is 20.7 Å². The maximum Gasteiger partial charge on any atom is 0.241 e. The monoisotopic (exact) mass is 379 g/mol. The molecule has 4 rings (SSSR count). The first-order chi connectivity index (χ1) is 13.6. The summed E-state index contributed by atoms with van der Waals surface area (Å²) in [7, 11) is 3.32. The lowest BCUT2D eigenvalue weighted by Crippen LogP contribution is -2.36. The van der Waals surface area contributed by atoms with Gasteiger partial charge in [-0.2, -0.15) is 0 Å². The number of hydrogen-bond acceptors (Lipinski definition) is 4. The Morgan fingerprint density at radius 3 is 2.54 bits per heavy atom. The highest BCUT2D eigenvalue weighted by atomic mass is 16.5. The molecule has 1 aromatic heterocycles. The number of benzene rings is 2. The molecule has 0 saturated heterocycles. The molecule has 0 bridgehead atoms. The van der Waals surface area contributed by atoms with Crippen LogP contribution in [0.15, 0.2) is 42.5 Å². The van der Waals surface area contributed by atoms with E-state index >= 15 is 0 Å². The van der Waals surface area contributed by atoms with Crippen molar-refractivity contribution in [3.05, 3.63) is 59.3 Å². The Morgan fingerprint density at radius 2 is 1.86 bits per heavy atom. The Balaban J connectivity index is 1.75. The topological polar surface area (TPSA) is 89.4 Å². The molecule has 2 unspecified atom stereocenters. The van der Waals surface area contributed by atoms with Crippen LogP contribution in [-0.2, 0) is 11.2 Å². The van der Waals surface area contributed by atoms with Gasteiger partial charge in [0, 0.05) is 28.6 Å². The molecule has 0 radical (unpaired) electrons. The summed E-state index contributed by atoms with van der Waals surface area (Å²) in [6.07, 6.45) is 2.51. The molecule has 2 aromatic carbocycles. The molecule has 3 aromatic rings. The molecule has 6 nitrogen and oxygen atoms in total. The maximum absolute atomic E-state index is 12.4. The molecule has 2 atom stereocenters. The van der Waals surface area contributed by atoms with Crippen LogP contribution >= 0.6 is 0 Å². The zero-order chi connectivity index (χ0) is 19.7. The van der Waals surface area contributed by atoms with Gasteiger partial charge in [-0.3, -0.25) is 10.2 Å². The predicted octanol–water partition coefficient (Wildman–Crippen LogP) is 3.38. The summed E-state index contributed by atoms with van der Waals surface area (Å²) < 4.78 is 10.8. The van der Waals surface area contributed by atoms with Gasteiger partial charge in [0.05, 0.1) is 20.1 Å². The first-order valence-electron chi connectivity index (χ1n) is 9.47. The maximum atomic E-state index is 12.4. The van der Waals surface area contributed by atoms with Gasteiger partial charge < -0.3 is 14.5 Å². The van der Waals surface area contributed by atoms with Crippen molar-refractivity contribution in [3.63, 3.8) is 0 Å². The van der Waals surface area contributed by atoms with Gasteiger partial charge in [-0.05, 0) is 48.6 Å². The number of carbonyl (C=O) groups excluding carboxylic acids is 1. The zero-order valence-corrected chi connectivity index (χ0v) is 16.1. The number of fused-ring (bicyclic) bond motifs is 3. The summed E-state index contributed by atoms with van der Waals surface area (Å²) in [4.78, 5) is 16.0. The molecule has 0 saturated carbocycles. The number of nitrogens with one attached hydrogen (secondary N) is 2. The number of aromatic amines is 1. The summed E-state index contributed by atoms with van der Waals surface area (Å²) in [5, 5.41) is 1.10. The van der Waals surface area contributed by atoms with Crippen molar-refractivity contribution >= 4 is 16.8 Å². The molecule has 0 spiro atoms. The molecule has 146 valence electrons. The van der Waals surface area contributed by atoms with Gasteiger partial charge >= 0.3 is 0 Å². The lowest BCUT2D eigenvalue weighted by Gasteiger charge is -2.28. The molecule has 28 heavy (non-hydrogen) atoms. The molecule has 1 heterocycles. The van der Waals surface area contributed by atoms with Crippen LogP contribution in [0.25, 0.3) is 10.9 Å². The summed E-state index contributed by atoms with van der Waals surface area (Å²) in [6, 6.07) is 14.1. The molecule has 1 aliphatic rings. The van der Waals surface area contributed by atoms with E-state index in [2.05, 4.69) is 22.5 Å². The van der Waals surface area contributed by atoms with E-state index in [-0.39, 0.29) is 17.7 Å². The molecule has 6 heteroatoms. The second-order valence-corrected chi connectivity index (χ2v) is 7.26. The van der Waals surface area contributed by atoms with Crippen molar-refractivity contribution in [1.29, 1.82) is 0 Å². The molecule has 1 amide bonds. The fourth-order valence-corrected chi connectivity index (χ4v) is 4.37. The van der Waals surface area contributed by atoms with Crippen molar-refractivity contribution < 1.29 is 14.3 Å². The van der Waals surface area contributed by atoms with Gasteiger partial charge in [0.25, 0.3) is 0 Å². The van der Waals surface area contributed by atoms with E-state index in [4.69, 9.17) is 15.3 Å². The van der Waals surface area contributed by atoms with Gasteiger partial charge in [-0.1, -0.05) is 18.2 Å². The van der Waals surface area contributed by atoms with Crippen molar-refractivity contribution in [3.8, 4) is 11.5 Å². The molecule has 1 aliphatic carbocycles. The average Bonchev–Trinajstić information content (AvgIpc) is 3.13. The number of ether oxygens (including phenoxy) is 2. The van der Waals surface area contributed by atoms with E-state index in [0.717, 1.165) is 58.5 Å². The highest BCUT2D eigenvalue weighted by molar-refractivity contribution is 5.93. The number of aromatic nitrogens is 1. The summed E-state index contributed by atoms with van der Waals surface area (Å²) in [5.41, 5.74) is 6.74. The Bertz CT molecular complexity index is 989. The van der Waals surface area contributed by atoms with Crippen molar-refractivity contribution in [2.75, 3.05) is 14.2 Å². The average molecular weight is 379 g/mol. The normalized spacial score (nSPS) is 18.5. The predicted molar refractivity (Wildman–Crippen MR) is 109 cm³/mol. The number of methoxy groups -OCH3 is 2. The fourth-order valence-electron chi connectivity index (χ4n) is 4.37. The van der Waals surface area contributed by atoms with Gasteiger partial charge in [-0.25, -0.2) is 5.84 Å². The molecule has 0 aliphatic heterocycles. The minimum Gasteiger partial charge on any atom is -0.497 e. The van der Waals surface area contributed by atoms with Gasteiger partial charge in [-0.15, -0.1) is 0 Å². The Morgan fingerprint density at radius 1 is 1.14 bits per heavy atom. The van der Waals surface area contributed by atoms with Crippen molar-refractivity contribution in [2.45, 2.75) is 31.1 Å². The number of para-hydroxylation sites is 1. The van der Waals surface area contributed by atoms with Crippen LogP contribution in [0.5, 0.6) is 11.5 Å². The van der Waals surface area contributed by atoms with Crippen LogP contribution in [0, 0.1) is 0 Å². The SMILES string of the molecule is COc1cc(CC2CCC(C(=O)NN)c3c2[nH]c2ccccc32)cc(OC)c1. The second kappa shape index (κ2) is 7.56. The third-order valence-corrected chi connectivity index (χ3v) is 5.69. The van der Waals surface area contributed by atoms with Crippen LogP contribution in [0.4, 0.5) is 0 Å². The number of hydrogen-bond donors (Lipinski definition) is 3. The third-order valence-electron chi connectivity index (χ3n) is 5.69. The van der Waals surface area contributed by atoms with Crippen LogP contribution in [0.1, 0.15) is 41.5 Å². The minimum atomic E-state index is -0.229. The summed E-state index contributed by atoms with van der Waals surface area (Å²) in [5.74, 6) is 6.93. The molecule has 4 N–H and O–H groups in total. The minimum absolute atomic E-state index is 0.132. The number of amides is 1. The van der Waals surface area contributed by atoms with E-state index in [1.807, 2.05) is 30.3 Å². The number of nitrogens with two attached hydrogens (primary N) is 1. The van der Waals surface area contributed by atoms with Crippen LogP contribution in [-0.4, -0.2) is 25.1 Å². The van der Waals surface area contributed by atoms with E-state index < -0.39 is 0 Å². The van der Waals surface area contributed by atoms with Gasteiger partial charge in [0.2, 0.25) is 5.91 Å². The number of carbonyl (C=O) groups is 1.